The minimum absolute atomic E-state index is 0.0386. The van der Waals surface area contributed by atoms with Crippen molar-refractivity contribution >= 4 is 21.9 Å². The summed E-state index contributed by atoms with van der Waals surface area (Å²) in [6.07, 6.45) is 0.154. The van der Waals surface area contributed by atoms with E-state index < -0.39 is 34.0 Å². The van der Waals surface area contributed by atoms with Gasteiger partial charge in [0, 0.05) is 6.42 Å². The molecule has 0 aliphatic heterocycles. The summed E-state index contributed by atoms with van der Waals surface area (Å²) in [7, 11) is -2.36. The van der Waals surface area contributed by atoms with Gasteiger partial charge in [-0.15, -0.1) is 0 Å². The molecule has 0 radical (unpaired) electrons. The third-order valence-electron chi connectivity index (χ3n) is 5.20. The summed E-state index contributed by atoms with van der Waals surface area (Å²) in [5.41, 5.74) is 1.57. The highest BCUT2D eigenvalue weighted by Gasteiger charge is 2.28. The van der Waals surface area contributed by atoms with Crippen LogP contribution in [-0.2, 0) is 37.4 Å². The van der Waals surface area contributed by atoms with E-state index in [0.717, 1.165) is 11.1 Å². The fraction of sp³-hybridized carbons (Fsp3) is 0.231. The molecule has 0 unspecified atom stereocenters. The molecule has 35 heavy (non-hydrogen) atoms. The number of hydrogen-bond acceptors (Lipinski definition) is 6. The summed E-state index contributed by atoms with van der Waals surface area (Å²) < 4.78 is 38.1. The molecule has 0 bridgehead atoms. The van der Waals surface area contributed by atoms with Crippen LogP contribution in [0.15, 0.2) is 89.8 Å². The van der Waals surface area contributed by atoms with Crippen LogP contribution in [0, 0.1) is 0 Å². The highest BCUT2D eigenvalue weighted by atomic mass is 32.2. The lowest BCUT2D eigenvalue weighted by atomic mass is 10.1. The SMILES string of the molecule is COc1ccc(C[C@H](NC(=O)[C@H](C)NS(=O)(=O)c2ccccc2)C(=O)OCc2ccccc2)cc1. The fourth-order valence-electron chi connectivity index (χ4n) is 3.27. The van der Waals surface area contributed by atoms with Gasteiger partial charge in [0.05, 0.1) is 18.0 Å². The van der Waals surface area contributed by atoms with Crippen molar-refractivity contribution in [2.45, 2.75) is 36.9 Å². The second-order valence-corrected chi connectivity index (χ2v) is 9.58. The summed E-state index contributed by atoms with van der Waals surface area (Å²) in [5, 5.41) is 2.63. The molecule has 0 aromatic heterocycles. The Labute approximate surface area is 205 Å². The number of nitrogens with one attached hydrogen (secondary N) is 2. The van der Waals surface area contributed by atoms with Crippen LogP contribution in [0.2, 0.25) is 0 Å². The zero-order valence-corrected chi connectivity index (χ0v) is 20.3. The normalized spacial score (nSPS) is 12.9. The molecule has 8 nitrogen and oxygen atoms in total. The first kappa shape index (κ1) is 25.9. The molecule has 3 aromatic carbocycles. The van der Waals surface area contributed by atoms with Gasteiger partial charge in [0.2, 0.25) is 15.9 Å². The van der Waals surface area contributed by atoms with Gasteiger partial charge < -0.3 is 14.8 Å². The van der Waals surface area contributed by atoms with E-state index in [1.54, 1.807) is 49.6 Å². The molecule has 2 N–H and O–H groups in total. The molecule has 0 spiro atoms. The van der Waals surface area contributed by atoms with Gasteiger partial charge in [-0.2, -0.15) is 4.72 Å². The lowest BCUT2D eigenvalue weighted by Gasteiger charge is -2.21. The van der Waals surface area contributed by atoms with Crippen LogP contribution in [0.3, 0.4) is 0 Å². The molecule has 0 aliphatic carbocycles. The molecule has 2 atom stereocenters. The Balaban J connectivity index is 1.71. The van der Waals surface area contributed by atoms with Crippen LogP contribution in [0.4, 0.5) is 0 Å². The Morgan fingerprint density at radius 2 is 1.46 bits per heavy atom. The Bertz CT molecular complexity index is 1220. The first-order valence-corrected chi connectivity index (χ1v) is 12.5. The number of sulfonamides is 1. The van der Waals surface area contributed by atoms with E-state index in [-0.39, 0.29) is 17.9 Å². The number of amides is 1. The average Bonchev–Trinajstić information content (AvgIpc) is 2.88. The van der Waals surface area contributed by atoms with Crippen molar-refractivity contribution in [2.24, 2.45) is 0 Å². The number of rotatable bonds is 11. The first-order chi connectivity index (χ1) is 16.8. The van der Waals surface area contributed by atoms with E-state index in [4.69, 9.17) is 9.47 Å². The lowest BCUT2D eigenvalue weighted by Crippen LogP contribution is -2.51. The molecular weight excluding hydrogens is 468 g/mol. The van der Waals surface area contributed by atoms with Crippen LogP contribution in [0.25, 0.3) is 0 Å². The van der Waals surface area contributed by atoms with Gasteiger partial charge in [0.15, 0.2) is 0 Å². The van der Waals surface area contributed by atoms with Gasteiger partial charge in [-0.05, 0) is 42.3 Å². The molecule has 1 amide bonds. The van der Waals surface area contributed by atoms with E-state index in [1.807, 2.05) is 30.3 Å². The average molecular weight is 497 g/mol. The maximum absolute atomic E-state index is 12.9. The minimum Gasteiger partial charge on any atom is -0.497 e. The first-order valence-electron chi connectivity index (χ1n) is 11.0. The highest BCUT2D eigenvalue weighted by molar-refractivity contribution is 7.89. The summed E-state index contributed by atoms with van der Waals surface area (Å²) in [6.45, 7) is 1.46. The largest absolute Gasteiger partial charge is 0.497 e. The predicted octanol–water partition coefficient (Wildman–Crippen LogP) is 2.83. The summed E-state index contributed by atoms with van der Waals surface area (Å²) in [5.74, 6) is -0.624. The number of carbonyl (C=O) groups excluding carboxylic acids is 2. The molecule has 0 aliphatic rings. The summed E-state index contributed by atoms with van der Waals surface area (Å²) in [4.78, 5) is 25.8. The number of benzene rings is 3. The third kappa shape index (κ3) is 7.66. The van der Waals surface area contributed by atoms with Crippen molar-refractivity contribution in [3.63, 3.8) is 0 Å². The van der Waals surface area contributed by atoms with Gasteiger partial charge >= 0.3 is 5.97 Å². The Hall–Kier alpha value is -3.69. The van der Waals surface area contributed by atoms with Crippen LogP contribution in [0.5, 0.6) is 5.75 Å². The van der Waals surface area contributed by atoms with Crippen LogP contribution >= 0.6 is 0 Å². The van der Waals surface area contributed by atoms with Crippen molar-refractivity contribution in [3.8, 4) is 5.75 Å². The van der Waals surface area contributed by atoms with Gasteiger partial charge in [-0.3, -0.25) is 4.79 Å². The third-order valence-corrected chi connectivity index (χ3v) is 6.76. The number of carbonyl (C=O) groups is 2. The Morgan fingerprint density at radius 1 is 0.857 bits per heavy atom. The molecule has 3 rings (SSSR count). The number of hydrogen-bond donors (Lipinski definition) is 2. The van der Waals surface area contributed by atoms with Crippen LogP contribution < -0.4 is 14.8 Å². The van der Waals surface area contributed by atoms with Crippen molar-refractivity contribution in [2.75, 3.05) is 7.11 Å². The van der Waals surface area contributed by atoms with Crippen molar-refractivity contribution < 1.29 is 27.5 Å². The van der Waals surface area contributed by atoms with E-state index in [0.29, 0.717) is 5.75 Å². The maximum Gasteiger partial charge on any atom is 0.329 e. The van der Waals surface area contributed by atoms with E-state index in [1.165, 1.54) is 19.1 Å². The van der Waals surface area contributed by atoms with Crippen LogP contribution in [-0.4, -0.2) is 39.5 Å². The zero-order valence-electron chi connectivity index (χ0n) is 19.5. The molecule has 0 saturated carbocycles. The fourth-order valence-corrected chi connectivity index (χ4v) is 4.49. The monoisotopic (exact) mass is 496 g/mol. The Kier molecular flexibility index (Phi) is 8.99. The molecule has 3 aromatic rings. The van der Waals surface area contributed by atoms with Crippen molar-refractivity contribution in [1.29, 1.82) is 0 Å². The number of methoxy groups -OCH3 is 1. The molecule has 0 fully saturated rings. The topological polar surface area (TPSA) is 111 Å². The highest BCUT2D eigenvalue weighted by Crippen LogP contribution is 2.14. The van der Waals surface area contributed by atoms with Gasteiger partial charge in [-0.1, -0.05) is 60.7 Å². The van der Waals surface area contributed by atoms with E-state index in [2.05, 4.69) is 10.0 Å². The second kappa shape index (κ2) is 12.1. The lowest BCUT2D eigenvalue weighted by molar-refractivity contribution is -0.149. The van der Waals surface area contributed by atoms with Crippen molar-refractivity contribution in [3.05, 3.63) is 96.1 Å². The van der Waals surface area contributed by atoms with Gasteiger partial charge in [0.25, 0.3) is 0 Å². The summed E-state index contributed by atoms with van der Waals surface area (Å²) >= 11 is 0. The molecular formula is C26H28N2O6S. The quantitative estimate of drug-likeness (QED) is 0.395. The van der Waals surface area contributed by atoms with Gasteiger partial charge in [-0.25, -0.2) is 13.2 Å². The van der Waals surface area contributed by atoms with Crippen LogP contribution in [0.1, 0.15) is 18.1 Å². The Morgan fingerprint density at radius 3 is 2.06 bits per heavy atom. The molecule has 0 heterocycles. The smallest absolute Gasteiger partial charge is 0.329 e. The predicted molar refractivity (Wildman–Crippen MR) is 131 cm³/mol. The maximum atomic E-state index is 12.9. The van der Waals surface area contributed by atoms with Gasteiger partial charge in [0.1, 0.15) is 18.4 Å². The standard InChI is InChI=1S/C26H28N2O6S/c1-19(28-35(31,32)23-11-7-4-8-12-23)25(29)27-24(17-20-13-15-22(33-2)16-14-20)26(30)34-18-21-9-5-3-6-10-21/h3-16,19,24,28H,17-18H2,1-2H3,(H,27,29)/t19-,24-/m0/s1. The second-order valence-electron chi connectivity index (χ2n) is 7.86. The molecule has 0 saturated heterocycles. The number of esters is 1. The summed E-state index contributed by atoms with van der Waals surface area (Å²) in [6, 6.07) is 21.8. The van der Waals surface area contributed by atoms with E-state index >= 15 is 0 Å². The van der Waals surface area contributed by atoms with Crippen molar-refractivity contribution in [1.82, 2.24) is 10.0 Å². The molecule has 9 heteroatoms. The molecule has 184 valence electrons. The zero-order chi connectivity index (χ0) is 25.3. The van der Waals surface area contributed by atoms with E-state index in [9.17, 15) is 18.0 Å². The minimum atomic E-state index is -3.91. The number of ether oxygens (including phenoxy) is 2.